The lowest BCUT2D eigenvalue weighted by atomic mass is 9.98. The van der Waals surface area contributed by atoms with E-state index in [1.165, 1.54) is 0 Å². The van der Waals surface area contributed by atoms with E-state index in [1.807, 2.05) is 48.5 Å². The van der Waals surface area contributed by atoms with Crippen LogP contribution in [0.15, 0.2) is 62.2 Å². The maximum absolute atomic E-state index is 12.1. The van der Waals surface area contributed by atoms with E-state index in [2.05, 4.69) is 9.88 Å². The van der Waals surface area contributed by atoms with Crippen molar-refractivity contribution in [3.63, 3.8) is 0 Å². The molecular weight excluding hydrogens is 342 g/mol. The van der Waals surface area contributed by atoms with E-state index in [-0.39, 0.29) is 5.76 Å². The third kappa shape index (κ3) is 3.06. The van der Waals surface area contributed by atoms with E-state index >= 15 is 0 Å². The van der Waals surface area contributed by atoms with Crippen molar-refractivity contribution in [2.75, 3.05) is 19.6 Å². The highest BCUT2D eigenvalue weighted by Gasteiger charge is 2.25. The van der Waals surface area contributed by atoms with Crippen LogP contribution in [0, 0.1) is 0 Å². The van der Waals surface area contributed by atoms with Crippen LogP contribution in [0.1, 0.15) is 24.7 Å². The van der Waals surface area contributed by atoms with Crippen molar-refractivity contribution in [1.29, 1.82) is 0 Å². The Kier molecular flexibility index (Phi) is 4.05. The van der Waals surface area contributed by atoms with Crippen LogP contribution in [0.4, 0.5) is 0 Å². The zero-order chi connectivity index (χ0) is 18.2. The van der Waals surface area contributed by atoms with Gasteiger partial charge < -0.3 is 13.7 Å². The molecule has 6 heteroatoms. The molecule has 138 valence electrons. The lowest BCUT2D eigenvalue weighted by Gasteiger charge is -2.31. The zero-order valence-electron chi connectivity index (χ0n) is 15.0. The van der Waals surface area contributed by atoms with Gasteiger partial charge in [0.25, 0.3) is 0 Å². The maximum atomic E-state index is 12.1. The summed E-state index contributed by atoms with van der Waals surface area (Å²) in [6, 6.07) is 15.5. The molecule has 0 N–H and O–H groups in total. The fourth-order valence-corrected chi connectivity index (χ4v) is 3.99. The van der Waals surface area contributed by atoms with Crippen LogP contribution in [0.3, 0.4) is 0 Å². The van der Waals surface area contributed by atoms with Crippen LogP contribution in [0.5, 0.6) is 0 Å². The third-order valence-corrected chi connectivity index (χ3v) is 5.38. The second-order valence-corrected chi connectivity index (χ2v) is 7.15. The average Bonchev–Trinajstić information content (AvgIpc) is 3.27. The molecule has 1 atom stereocenters. The van der Waals surface area contributed by atoms with E-state index in [0.717, 1.165) is 55.0 Å². The van der Waals surface area contributed by atoms with Gasteiger partial charge in [-0.05, 0) is 43.7 Å². The van der Waals surface area contributed by atoms with Gasteiger partial charge in [0.15, 0.2) is 17.1 Å². The normalized spacial score (nSPS) is 18.4. The largest absolute Gasteiger partial charge is 0.440 e. The number of para-hydroxylation sites is 4. The minimum atomic E-state index is -0.288. The topological polar surface area (TPSA) is 64.4 Å². The van der Waals surface area contributed by atoms with Gasteiger partial charge in [-0.3, -0.25) is 4.57 Å². The maximum Gasteiger partial charge on any atom is 0.419 e. The number of benzene rings is 2. The van der Waals surface area contributed by atoms with Gasteiger partial charge in [0, 0.05) is 25.6 Å². The summed E-state index contributed by atoms with van der Waals surface area (Å²) in [7, 11) is 0. The predicted molar refractivity (Wildman–Crippen MR) is 103 cm³/mol. The molecule has 2 aromatic heterocycles. The summed E-state index contributed by atoms with van der Waals surface area (Å²) in [4.78, 5) is 19.2. The van der Waals surface area contributed by atoms with E-state index in [1.54, 1.807) is 4.57 Å². The second-order valence-electron chi connectivity index (χ2n) is 7.15. The molecule has 1 unspecified atom stereocenters. The van der Waals surface area contributed by atoms with E-state index < -0.39 is 0 Å². The van der Waals surface area contributed by atoms with Crippen LogP contribution < -0.4 is 5.76 Å². The SMILES string of the molecule is O=c1oc2ccccc2n1CCN1CCCC(c2nc3ccccc3o2)C1. The summed E-state index contributed by atoms with van der Waals surface area (Å²) in [5.74, 6) is 0.833. The van der Waals surface area contributed by atoms with E-state index in [0.29, 0.717) is 18.0 Å². The summed E-state index contributed by atoms with van der Waals surface area (Å²) in [6.07, 6.45) is 2.18. The Labute approximate surface area is 156 Å². The molecular formula is C21H21N3O3. The highest BCUT2D eigenvalue weighted by Crippen LogP contribution is 2.29. The number of rotatable bonds is 4. The molecule has 4 aromatic rings. The summed E-state index contributed by atoms with van der Waals surface area (Å²) in [5, 5.41) is 0. The standard InChI is InChI=1S/C21H21N3O3/c25-21-24(17-8-2-4-10-19(17)27-21)13-12-23-11-5-6-15(14-23)20-22-16-7-1-3-9-18(16)26-20/h1-4,7-10,15H,5-6,11-14H2. The van der Waals surface area contributed by atoms with Crippen molar-refractivity contribution in [2.45, 2.75) is 25.3 Å². The molecule has 2 aromatic carbocycles. The molecule has 0 amide bonds. The Balaban J connectivity index is 1.31. The number of oxazole rings is 2. The van der Waals surface area contributed by atoms with Gasteiger partial charge >= 0.3 is 5.76 Å². The van der Waals surface area contributed by atoms with Gasteiger partial charge in [0.05, 0.1) is 5.52 Å². The quantitative estimate of drug-likeness (QED) is 0.554. The van der Waals surface area contributed by atoms with Gasteiger partial charge in [0.1, 0.15) is 5.52 Å². The smallest absolute Gasteiger partial charge is 0.419 e. The molecule has 0 saturated carbocycles. The minimum absolute atomic E-state index is 0.288. The number of fused-ring (bicyclic) bond motifs is 2. The molecule has 0 aliphatic carbocycles. The first-order valence-electron chi connectivity index (χ1n) is 9.44. The Morgan fingerprint density at radius 3 is 2.70 bits per heavy atom. The van der Waals surface area contributed by atoms with Crippen molar-refractivity contribution in [1.82, 2.24) is 14.5 Å². The Morgan fingerprint density at radius 1 is 1.00 bits per heavy atom. The first kappa shape index (κ1) is 16.3. The summed E-state index contributed by atoms with van der Waals surface area (Å²) < 4.78 is 13.0. The molecule has 0 bridgehead atoms. The second kappa shape index (κ2) is 6.70. The fraction of sp³-hybridized carbons (Fsp3) is 0.333. The number of hydrogen-bond donors (Lipinski definition) is 0. The number of nitrogens with zero attached hydrogens (tertiary/aromatic N) is 3. The van der Waals surface area contributed by atoms with Crippen LogP contribution in [0.25, 0.3) is 22.2 Å². The van der Waals surface area contributed by atoms with Crippen LogP contribution in [0.2, 0.25) is 0 Å². The van der Waals surface area contributed by atoms with Crippen LogP contribution in [-0.4, -0.2) is 34.1 Å². The van der Waals surface area contributed by atoms with Crippen molar-refractivity contribution >= 4 is 22.2 Å². The highest BCUT2D eigenvalue weighted by molar-refractivity contribution is 5.73. The average molecular weight is 363 g/mol. The summed E-state index contributed by atoms with van der Waals surface area (Å²) in [5.41, 5.74) is 3.27. The summed E-state index contributed by atoms with van der Waals surface area (Å²) >= 11 is 0. The molecule has 1 aliphatic heterocycles. The predicted octanol–water partition coefficient (Wildman–Crippen LogP) is 3.62. The van der Waals surface area contributed by atoms with Crippen molar-refractivity contribution in [2.24, 2.45) is 0 Å². The molecule has 1 aliphatic rings. The van der Waals surface area contributed by atoms with E-state index in [4.69, 9.17) is 8.83 Å². The Hall–Kier alpha value is -2.86. The highest BCUT2D eigenvalue weighted by atomic mass is 16.4. The van der Waals surface area contributed by atoms with Crippen molar-refractivity contribution in [3.8, 4) is 0 Å². The molecule has 0 spiro atoms. The van der Waals surface area contributed by atoms with Gasteiger partial charge in [-0.25, -0.2) is 9.78 Å². The fourth-order valence-electron chi connectivity index (χ4n) is 3.99. The molecule has 3 heterocycles. The number of aromatic nitrogens is 2. The molecule has 1 fully saturated rings. The number of piperidine rings is 1. The van der Waals surface area contributed by atoms with Gasteiger partial charge in [-0.15, -0.1) is 0 Å². The first-order valence-corrected chi connectivity index (χ1v) is 9.44. The molecule has 6 nitrogen and oxygen atoms in total. The summed E-state index contributed by atoms with van der Waals surface area (Å²) in [6.45, 7) is 3.36. The Morgan fingerprint density at radius 2 is 1.81 bits per heavy atom. The van der Waals surface area contributed by atoms with Crippen molar-refractivity contribution in [3.05, 3.63) is 65.0 Å². The molecule has 5 rings (SSSR count). The molecule has 0 radical (unpaired) electrons. The van der Waals surface area contributed by atoms with Gasteiger partial charge in [-0.2, -0.15) is 0 Å². The lowest BCUT2D eigenvalue weighted by Crippen LogP contribution is -2.37. The minimum Gasteiger partial charge on any atom is -0.440 e. The lowest BCUT2D eigenvalue weighted by molar-refractivity contribution is 0.187. The molecule has 27 heavy (non-hydrogen) atoms. The monoisotopic (exact) mass is 363 g/mol. The number of hydrogen-bond acceptors (Lipinski definition) is 5. The molecule has 1 saturated heterocycles. The zero-order valence-corrected chi connectivity index (χ0v) is 15.0. The van der Waals surface area contributed by atoms with E-state index in [9.17, 15) is 4.79 Å². The van der Waals surface area contributed by atoms with Crippen LogP contribution >= 0.6 is 0 Å². The van der Waals surface area contributed by atoms with Gasteiger partial charge in [-0.1, -0.05) is 24.3 Å². The first-order chi connectivity index (χ1) is 13.3. The van der Waals surface area contributed by atoms with Crippen molar-refractivity contribution < 1.29 is 8.83 Å². The van der Waals surface area contributed by atoms with Gasteiger partial charge in [0.2, 0.25) is 0 Å². The number of likely N-dealkylation sites (tertiary alicyclic amines) is 1. The third-order valence-electron chi connectivity index (χ3n) is 5.38. The van der Waals surface area contributed by atoms with Crippen LogP contribution in [-0.2, 0) is 6.54 Å². The Bertz CT molecular complexity index is 1110.